The van der Waals surface area contributed by atoms with E-state index < -0.39 is 0 Å². The molecule has 9 heteroatoms. The molecule has 0 aliphatic carbocycles. The van der Waals surface area contributed by atoms with Crippen LogP contribution in [-0.2, 0) is 4.79 Å². The van der Waals surface area contributed by atoms with Gasteiger partial charge in [0.25, 0.3) is 5.22 Å². The first-order valence-electron chi connectivity index (χ1n) is 8.26. The SMILES string of the molecule is COc1cc(NC(=O)CSc2nnc(-c3ccccc3)o2)cc(OC)c1OC. The summed E-state index contributed by atoms with van der Waals surface area (Å²) in [6, 6.07) is 12.7. The molecular weight excluding hydrogens is 382 g/mol. The Bertz CT molecular complexity index is 921. The van der Waals surface area contributed by atoms with Crippen LogP contribution >= 0.6 is 11.8 Å². The Kier molecular flexibility index (Phi) is 6.38. The zero-order valence-electron chi connectivity index (χ0n) is 15.6. The number of amides is 1. The predicted molar refractivity (Wildman–Crippen MR) is 105 cm³/mol. The van der Waals surface area contributed by atoms with E-state index in [0.29, 0.717) is 34.0 Å². The van der Waals surface area contributed by atoms with Crippen LogP contribution in [0.4, 0.5) is 5.69 Å². The fourth-order valence-electron chi connectivity index (χ4n) is 2.44. The zero-order chi connectivity index (χ0) is 19.9. The predicted octanol–water partition coefficient (Wildman–Crippen LogP) is 3.49. The fraction of sp³-hybridized carbons (Fsp3) is 0.211. The van der Waals surface area contributed by atoms with Gasteiger partial charge in [-0.3, -0.25) is 4.79 Å². The molecule has 146 valence electrons. The second-order valence-corrected chi connectivity index (χ2v) is 6.42. The fourth-order valence-corrected chi connectivity index (χ4v) is 3.01. The average molecular weight is 401 g/mol. The number of nitrogens with one attached hydrogen (secondary N) is 1. The number of hydrogen-bond donors (Lipinski definition) is 1. The van der Waals surface area contributed by atoms with Crippen LogP contribution in [0, 0.1) is 0 Å². The highest BCUT2D eigenvalue weighted by Crippen LogP contribution is 2.40. The Labute approximate surface area is 166 Å². The minimum absolute atomic E-state index is 0.104. The van der Waals surface area contributed by atoms with Crippen molar-refractivity contribution < 1.29 is 23.4 Å². The molecule has 0 aliphatic heterocycles. The summed E-state index contributed by atoms with van der Waals surface area (Å²) >= 11 is 1.15. The maximum atomic E-state index is 12.3. The van der Waals surface area contributed by atoms with Crippen molar-refractivity contribution in [2.45, 2.75) is 5.22 Å². The Morgan fingerprint density at radius 2 is 1.71 bits per heavy atom. The van der Waals surface area contributed by atoms with Crippen molar-refractivity contribution in [3.63, 3.8) is 0 Å². The number of carbonyl (C=O) groups is 1. The minimum Gasteiger partial charge on any atom is -0.493 e. The number of methoxy groups -OCH3 is 3. The summed E-state index contributed by atoms with van der Waals surface area (Å²) in [6.07, 6.45) is 0. The van der Waals surface area contributed by atoms with Crippen molar-refractivity contribution in [2.24, 2.45) is 0 Å². The molecule has 28 heavy (non-hydrogen) atoms. The first kappa shape index (κ1) is 19.6. The van der Waals surface area contributed by atoms with E-state index >= 15 is 0 Å². The number of rotatable bonds is 8. The van der Waals surface area contributed by atoms with Gasteiger partial charge in [0.2, 0.25) is 17.5 Å². The number of nitrogens with zero attached hydrogens (tertiary/aromatic N) is 2. The number of carbonyl (C=O) groups excluding carboxylic acids is 1. The van der Waals surface area contributed by atoms with Crippen LogP contribution in [0.15, 0.2) is 52.1 Å². The van der Waals surface area contributed by atoms with Gasteiger partial charge < -0.3 is 23.9 Å². The summed E-state index contributed by atoms with van der Waals surface area (Å²) < 4.78 is 21.4. The number of hydrogen-bond acceptors (Lipinski definition) is 8. The van der Waals surface area contributed by atoms with Crippen LogP contribution in [0.25, 0.3) is 11.5 Å². The topological polar surface area (TPSA) is 95.7 Å². The summed E-state index contributed by atoms with van der Waals surface area (Å²) in [5.41, 5.74) is 1.35. The van der Waals surface area contributed by atoms with E-state index in [-0.39, 0.29) is 11.7 Å². The molecular formula is C19H19N3O5S. The van der Waals surface area contributed by atoms with Crippen molar-refractivity contribution in [1.82, 2.24) is 10.2 Å². The van der Waals surface area contributed by atoms with Crippen molar-refractivity contribution in [1.29, 1.82) is 0 Å². The van der Waals surface area contributed by atoms with Crippen LogP contribution < -0.4 is 19.5 Å². The lowest BCUT2D eigenvalue weighted by atomic mass is 10.2. The van der Waals surface area contributed by atoms with Crippen LogP contribution in [0.1, 0.15) is 0 Å². The third-order valence-electron chi connectivity index (χ3n) is 3.70. The second-order valence-electron chi connectivity index (χ2n) is 5.49. The standard InChI is InChI=1S/C19H19N3O5S/c1-24-14-9-13(10-15(25-2)17(14)26-3)20-16(23)11-28-19-22-21-18(27-19)12-7-5-4-6-8-12/h4-10H,11H2,1-3H3,(H,20,23). The lowest BCUT2D eigenvalue weighted by Crippen LogP contribution is -2.14. The van der Waals surface area contributed by atoms with Crippen molar-refractivity contribution in [3.05, 3.63) is 42.5 Å². The molecule has 1 aromatic heterocycles. The number of benzene rings is 2. The number of thioether (sulfide) groups is 1. The van der Waals surface area contributed by atoms with Gasteiger partial charge in [-0.25, -0.2) is 0 Å². The van der Waals surface area contributed by atoms with Gasteiger partial charge in [0.1, 0.15) is 0 Å². The lowest BCUT2D eigenvalue weighted by Gasteiger charge is -2.14. The number of anilines is 1. The molecule has 0 atom stereocenters. The Hall–Kier alpha value is -3.20. The molecule has 0 radical (unpaired) electrons. The first-order valence-corrected chi connectivity index (χ1v) is 9.24. The smallest absolute Gasteiger partial charge is 0.277 e. The van der Waals surface area contributed by atoms with E-state index in [2.05, 4.69) is 15.5 Å². The van der Waals surface area contributed by atoms with Crippen LogP contribution in [-0.4, -0.2) is 43.2 Å². The van der Waals surface area contributed by atoms with Crippen molar-refractivity contribution in [2.75, 3.05) is 32.4 Å². The van der Waals surface area contributed by atoms with E-state index in [1.165, 1.54) is 21.3 Å². The van der Waals surface area contributed by atoms with Crippen LogP contribution in [0.3, 0.4) is 0 Å². The molecule has 0 saturated carbocycles. The lowest BCUT2D eigenvalue weighted by molar-refractivity contribution is -0.113. The van der Waals surface area contributed by atoms with Gasteiger partial charge in [-0.1, -0.05) is 30.0 Å². The largest absolute Gasteiger partial charge is 0.493 e. The summed E-state index contributed by atoms with van der Waals surface area (Å²) in [4.78, 5) is 12.3. The summed E-state index contributed by atoms with van der Waals surface area (Å²) in [5, 5.41) is 11.1. The molecule has 3 rings (SSSR count). The molecule has 1 N–H and O–H groups in total. The van der Waals surface area contributed by atoms with Crippen LogP contribution in [0.5, 0.6) is 17.2 Å². The molecule has 0 aliphatic rings. The quantitative estimate of drug-likeness (QED) is 0.573. The molecule has 3 aromatic rings. The van der Waals surface area contributed by atoms with Crippen LogP contribution in [0.2, 0.25) is 0 Å². The third-order valence-corrected chi connectivity index (χ3v) is 4.52. The minimum atomic E-state index is -0.237. The Balaban J connectivity index is 1.63. The molecule has 0 fully saturated rings. The first-order chi connectivity index (χ1) is 13.6. The van der Waals surface area contributed by atoms with Gasteiger partial charge in [0.05, 0.1) is 27.1 Å². The van der Waals surface area contributed by atoms with E-state index in [0.717, 1.165) is 17.3 Å². The summed E-state index contributed by atoms with van der Waals surface area (Å²) in [6.45, 7) is 0. The van der Waals surface area contributed by atoms with Gasteiger partial charge in [-0.2, -0.15) is 0 Å². The van der Waals surface area contributed by atoms with E-state index in [1.807, 2.05) is 30.3 Å². The Morgan fingerprint density at radius 3 is 2.32 bits per heavy atom. The van der Waals surface area contributed by atoms with Gasteiger partial charge in [0, 0.05) is 23.4 Å². The highest BCUT2D eigenvalue weighted by molar-refractivity contribution is 7.99. The number of ether oxygens (including phenoxy) is 3. The van der Waals surface area contributed by atoms with Gasteiger partial charge in [-0.05, 0) is 12.1 Å². The van der Waals surface area contributed by atoms with Crippen molar-refractivity contribution >= 4 is 23.4 Å². The molecule has 1 heterocycles. The molecule has 2 aromatic carbocycles. The normalized spacial score (nSPS) is 10.4. The molecule has 0 unspecified atom stereocenters. The van der Waals surface area contributed by atoms with Gasteiger partial charge in [-0.15, -0.1) is 10.2 Å². The summed E-state index contributed by atoms with van der Waals surface area (Å²) in [7, 11) is 4.54. The zero-order valence-corrected chi connectivity index (χ0v) is 16.4. The van der Waals surface area contributed by atoms with E-state index in [4.69, 9.17) is 18.6 Å². The van der Waals surface area contributed by atoms with Gasteiger partial charge >= 0.3 is 0 Å². The maximum absolute atomic E-state index is 12.3. The summed E-state index contributed by atoms with van der Waals surface area (Å²) in [5.74, 6) is 1.64. The molecule has 0 saturated heterocycles. The average Bonchev–Trinajstić information content (AvgIpc) is 3.21. The highest BCUT2D eigenvalue weighted by atomic mass is 32.2. The molecule has 8 nitrogen and oxygen atoms in total. The highest BCUT2D eigenvalue weighted by Gasteiger charge is 2.15. The molecule has 1 amide bonds. The second kappa shape index (κ2) is 9.14. The Morgan fingerprint density at radius 1 is 1.04 bits per heavy atom. The molecule has 0 bridgehead atoms. The van der Waals surface area contributed by atoms with E-state index in [1.54, 1.807) is 12.1 Å². The maximum Gasteiger partial charge on any atom is 0.277 e. The van der Waals surface area contributed by atoms with E-state index in [9.17, 15) is 4.79 Å². The molecule has 0 spiro atoms. The third kappa shape index (κ3) is 4.55. The van der Waals surface area contributed by atoms with Gasteiger partial charge in [0.15, 0.2) is 11.5 Å². The monoisotopic (exact) mass is 401 g/mol. The van der Waals surface area contributed by atoms with Crippen molar-refractivity contribution in [3.8, 4) is 28.7 Å². The number of aromatic nitrogens is 2.